The van der Waals surface area contributed by atoms with Crippen LogP contribution in [0.2, 0.25) is 0 Å². The van der Waals surface area contributed by atoms with Crippen molar-refractivity contribution in [1.29, 1.82) is 0 Å². The summed E-state index contributed by atoms with van der Waals surface area (Å²) in [5.74, 6) is -1.09. The summed E-state index contributed by atoms with van der Waals surface area (Å²) in [5, 5.41) is 8.90. The van der Waals surface area contributed by atoms with Crippen molar-refractivity contribution in [3.05, 3.63) is 23.8 Å². The molecular formula is C25H32N4O5S. The van der Waals surface area contributed by atoms with Gasteiger partial charge in [0.25, 0.3) is 5.91 Å². The number of thiazole rings is 1. The Kier molecular flexibility index (Phi) is 7.51. The lowest BCUT2D eigenvalue weighted by Crippen LogP contribution is -2.54. The highest BCUT2D eigenvalue weighted by Crippen LogP contribution is 2.41. The molecule has 35 heavy (non-hydrogen) atoms. The van der Waals surface area contributed by atoms with Crippen molar-refractivity contribution in [3.8, 4) is 0 Å². The molecule has 2 fully saturated rings. The number of hydrogen-bond acceptors (Lipinski definition) is 7. The second kappa shape index (κ2) is 10.4. The molecule has 2 aliphatic rings. The smallest absolute Gasteiger partial charge is 0.251 e. The first-order valence-corrected chi connectivity index (χ1v) is 12.9. The van der Waals surface area contributed by atoms with Crippen molar-refractivity contribution in [3.63, 3.8) is 0 Å². The van der Waals surface area contributed by atoms with Crippen molar-refractivity contribution >= 4 is 50.2 Å². The second-order valence-corrected chi connectivity index (χ2v) is 10.9. The van der Waals surface area contributed by atoms with E-state index in [9.17, 15) is 19.2 Å². The van der Waals surface area contributed by atoms with Crippen LogP contribution in [0.4, 0.5) is 5.13 Å². The number of benzene rings is 1. The largest absolute Gasteiger partial charge is 0.368 e. The molecule has 3 amide bonds. The fourth-order valence-electron chi connectivity index (χ4n) is 5.01. The Labute approximate surface area is 208 Å². The van der Waals surface area contributed by atoms with Crippen LogP contribution in [0.5, 0.6) is 0 Å². The molecule has 1 aliphatic heterocycles. The summed E-state index contributed by atoms with van der Waals surface area (Å²) in [4.78, 5) is 54.5. The summed E-state index contributed by atoms with van der Waals surface area (Å²) in [5.41, 5.74) is 1.02. The predicted octanol–water partition coefficient (Wildman–Crippen LogP) is 3.19. The Balaban J connectivity index is 1.52. The molecule has 1 aliphatic carbocycles. The van der Waals surface area contributed by atoms with E-state index in [1.165, 1.54) is 18.3 Å². The van der Waals surface area contributed by atoms with Gasteiger partial charge in [-0.25, -0.2) is 4.98 Å². The average molecular weight is 501 g/mol. The van der Waals surface area contributed by atoms with Crippen LogP contribution in [0.15, 0.2) is 18.2 Å². The van der Waals surface area contributed by atoms with E-state index in [0.29, 0.717) is 29.1 Å². The number of nitrogens with one attached hydrogen (secondary N) is 3. The number of ether oxygens (including phenoxy) is 1. The zero-order valence-corrected chi connectivity index (χ0v) is 21.1. The molecule has 2 heterocycles. The van der Waals surface area contributed by atoms with Gasteiger partial charge in [-0.05, 0) is 49.3 Å². The van der Waals surface area contributed by atoms with Gasteiger partial charge in [0.1, 0.15) is 18.7 Å². The maximum absolute atomic E-state index is 13.3. The zero-order valence-electron chi connectivity index (χ0n) is 20.3. The van der Waals surface area contributed by atoms with E-state index in [4.69, 9.17) is 4.74 Å². The Morgan fingerprint density at radius 3 is 2.69 bits per heavy atom. The molecule has 188 valence electrons. The van der Waals surface area contributed by atoms with Crippen molar-refractivity contribution in [2.75, 3.05) is 11.9 Å². The van der Waals surface area contributed by atoms with Crippen LogP contribution < -0.4 is 16.0 Å². The number of amides is 3. The summed E-state index contributed by atoms with van der Waals surface area (Å²) < 4.78 is 6.25. The van der Waals surface area contributed by atoms with Crippen molar-refractivity contribution in [2.24, 2.45) is 5.41 Å². The molecule has 3 N–H and O–H groups in total. The maximum Gasteiger partial charge on any atom is 0.251 e. The molecule has 0 spiro atoms. The number of Topliss-reactive ketones (excluding diaryl/α,β-unsaturated/α-hetero) is 1. The minimum absolute atomic E-state index is 0.00642. The van der Waals surface area contributed by atoms with Gasteiger partial charge in [-0.15, -0.1) is 0 Å². The number of ketones is 1. The number of rotatable bonds is 8. The molecule has 3 atom stereocenters. The fourth-order valence-corrected chi connectivity index (χ4v) is 5.96. The fraction of sp³-hybridized carbons (Fsp3) is 0.560. The van der Waals surface area contributed by atoms with E-state index in [2.05, 4.69) is 27.9 Å². The maximum atomic E-state index is 13.3. The summed E-state index contributed by atoms with van der Waals surface area (Å²) in [6, 6.07) is 3.62. The lowest BCUT2D eigenvalue weighted by Gasteiger charge is -2.30. The zero-order chi connectivity index (χ0) is 25.2. The van der Waals surface area contributed by atoms with Crippen LogP contribution in [0.1, 0.15) is 69.7 Å². The second-order valence-electron chi connectivity index (χ2n) is 9.84. The van der Waals surface area contributed by atoms with Gasteiger partial charge in [0.2, 0.25) is 11.8 Å². The number of nitrogens with zero attached hydrogens (tertiary/aromatic N) is 1. The van der Waals surface area contributed by atoms with Crippen LogP contribution in [0.25, 0.3) is 10.2 Å². The van der Waals surface area contributed by atoms with Crippen LogP contribution in [-0.2, 0) is 19.1 Å². The van der Waals surface area contributed by atoms with Crippen LogP contribution >= 0.6 is 11.3 Å². The molecule has 1 saturated carbocycles. The van der Waals surface area contributed by atoms with Crippen molar-refractivity contribution in [1.82, 2.24) is 15.6 Å². The number of carbonyl (C=O) groups excluding carboxylic acids is 4. The molecule has 1 saturated heterocycles. The third-order valence-corrected chi connectivity index (χ3v) is 7.86. The van der Waals surface area contributed by atoms with Gasteiger partial charge >= 0.3 is 0 Å². The monoisotopic (exact) mass is 500 g/mol. The minimum atomic E-state index is -0.774. The van der Waals surface area contributed by atoms with Gasteiger partial charge in [0.15, 0.2) is 10.9 Å². The van der Waals surface area contributed by atoms with Gasteiger partial charge in [0, 0.05) is 12.5 Å². The summed E-state index contributed by atoms with van der Waals surface area (Å²) in [7, 11) is 0. The lowest BCUT2D eigenvalue weighted by molar-refractivity contribution is -0.128. The number of aromatic nitrogens is 1. The van der Waals surface area contributed by atoms with Crippen molar-refractivity contribution in [2.45, 2.75) is 77.5 Å². The Hall–Kier alpha value is -2.85. The number of fused-ring (bicyclic) bond motifs is 1. The number of carbonyl (C=O) groups is 4. The summed E-state index contributed by atoms with van der Waals surface area (Å²) in [6.07, 6.45) is 4.95. The molecule has 0 unspecified atom stereocenters. The molecule has 9 nitrogen and oxygen atoms in total. The van der Waals surface area contributed by atoms with E-state index in [1.54, 1.807) is 18.2 Å². The van der Waals surface area contributed by atoms with Gasteiger partial charge in [0.05, 0.1) is 16.3 Å². The van der Waals surface area contributed by atoms with Gasteiger partial charge in [-0.1, -0.05) is 38.0 Å². The average Bonchev–Trinajstić information content (AvgIpc) is 3.51. The first-order chi connectivity index (χ1) is 16.7. The number of anilines is 1. The van der Waals surface area contributed by atoms with Gasteiger partial charge in [-0.2, -0.15) is 0 Å². The quantitative estimate of drug-likeness (QED) is 0.511. The molecule has 1 aromatic heterocycles. The van der Waals surface area contributed by atoms with Crippen molar-refractivity contribution < 1.29 is 23.9 Å². The highest BCUT2D eigenvalue weighted by Gasteiger charge is 2.40. The van der Waals surface area contributed by atoms with E-state index in [1.807, 2.05) is 6.92 Å². The van der Waals surface area contributed by atoms with E-state index >= 15 is 0 Å². The Bertz CT molecular complexity index is 1140. The standard InChI is InChI=1S/C25H32N4O5S/c1-4-19-21(18(31)13-34-19)29-23(33)17(12-25(3)9-5-6-10-25)27-22(32)15-7-8-16-20(11-15)35-24(28-16)26-14(2)30/h7-8,11,17,19,21H,4-6,9-10,12-13H2,1-3H3,(H,27,32)(H,29,33)(H,26,28,30)/t17-,19-,21+/m0/s1. The molecule has 10 heteroatoms. The van der Waals surface area contributed by atoms with Gasteiger partial charge < -0.3 is 20.7 Å². The highest BCUT2D eigenvalue weighted by atomic mass is 32.1. The Morgan fingerprint density at radius 2 is 2.00 bits per heavy atom. The number of hydrogen-bond donors (Lipinski definition) is 3. The van der Waals surface area contributed by atoms with E-state index in [-0.39, 0.29) is 41.6 Å². The van der Waals surface area contributed by atoms with E-state index in [0.717, 1.165) is 30.4 Å². The SMILES string of the molecule is CC[C@@H]1OCC(=O)[C@H]1NC(=O)[C@H](CC1(C)CCCC1)NC(=O)c1ccc2nc(NC(C)=O)sc2c1. The third-order valence-electron chi connectivity index (χ3n) is 6.92. The minimum Gasteiger partial charge on any atom is -0.368 e. The van der Waals surface area contributed by atoms with E-state index < -0.39 is 12.1 Å². The van der Waals surface area contributed by atoms with Crippen LogP contribution in [-0.4, -0.2) is 53.3 Å². The molecule has 2 aromatic rings. The highest BCUT2D eigenvalue weighted by molar-refractivity contribution is 7.22. The predicted molar refractivity (Wildman–Crippen MR) is 133 cm³/mol. The topological polar surface area (TPSA) is 126 Å². The van der Waals surface area contributed by atoms with Crippen LogP contribution in [0.3, 0.4) is 0 Å². The molecular weight excluding hydrogens is 468 g/mol. The molecule has 0 radical (unpaired) electrons. The Morgan fingerprint density at radius 1 is 1.26 bits per heavy atom. The summed E-state index contributed by atoms with van der Waals surface area (Å²) >= 11 is 1.28. The molecule has 0 bridgehead atoms. The molecule has 1 aromatic carbocycles. The molecule has 4 rings (SSSR count). The van der Waals surface area contributed by atoms with Crippen LogP contribution in [0, 0.1) is 5.41 Å². The third kappa shape index (κ3) is 5.87. The lowest BCUT2D eigenvalue weighted by atomic mass is 9.81. The first-order valence-electron chi connectivity index (χ1n) is 12.1. The first kappa shape index (κ1) is 25.2. The summed E-state index contributed by atoms with van der Waals surface area (Å²) in [6.45, 7) is 5.47. The van der Waals surface area contributed by atoms with Gasteiger partial charge in [-0.3, -0.25) is 19.2 Å². The normalized spacial score (nSPS) is 22.2.